The summed E-state index contributed by atoms with van der Waals surface area (Å²) >= 11 is 0. The van der Waals surface area contributed by atoms with Crippen LogP contribution in [0.5, 0.6) is 0 Å². The smallest absolute Gasteiger partial charge is 0.323 e. The van der Waals surface area contributed by atoms with Gasteiger partial charge >= 0.3 is 65.7 Å². The lowest BCUT2D eigenvalue weighted by Gasteiger charge is -2.07. The molecular weight excluding hydrogens is 1100 g/mol. The van der Waals surface area contributed by atoms with Gasteiger partial charge in [-0.2, -0.15) is 0 Å². The first-order chi connectivity index (χ1) is 37.6. The zero-order valence-electron chi connectivity index (χ0n) is 45.9. The van der Waals surface area contributed by atoms with Gasteiger partial charge in [-0.3, -0.25) is 52.7 Å². The maximum atomic E-state index is 10.4. The SMILES string of the molecule is CC(C)C[C@H](N)C(=O)O.CC(C)[C@H](N)C(=O)O.C[C@@H](O)[C@H](N)C(=O)O.NCC(=O)O.NCC(=O)O.N[C@@H](CC(=O)O)C(=O)O.N[C@@H](CO)C(=O)O.N[C@@H](Cc1c[nH]cn1)C(=O)O.N[C@@H](Cc1ccccc1)C(=O)O.O=C(O)[C@@H]1CCCN1. The molecule has 0 bridgehead atoms. The third-order valence-electron chi connectivity index (χ3n) is 8.70. The van der Waals surface area contributed by atoms with Crippen LogP contribution in [0.1, 0.15) is 71.6 Å². The number of hydrogen-bond donors (Lipinski definition) is 24. The van der Waals surface area contributed by atoms with Crippen molar-refractivity contribution < 1.29 is 119 Å². The van der Waals surface area contributed by atoms with Crippen molar-refractivity contribution in [3.05, 3.63) is 54.1 Å². The summed E-state index contributed by atoms with van der Waals surface area (Å²) in [5.74, 6) is -10.9. The summed E-state index contributed by atoms with van der Waals surface area (Å²) in [6, 6.07) is 2.44. The van der Waals surface area contributed by atoms with Crippen LogP contribution in [0.25, 0.3) is 0 Å². The Hall–Kier alpha value is -7.88. The summed E-state index contributed by atoms with van der Waals surface area (Å²) in [7, 11) is 0. The van der Waals surface area contributed by atoms with E-state index < -0.39 is 127 Å². The van der Waals surface area contributed by atoms with E-state index in [4.69, 9.17) is 107 Å². The van der Waals surface area contributed by atoms with Gasteiger partial charge in [0.15, 0.2) is 0 Å². The molecule has 0 radical (unpaired) electrons. The first-order valence-corrected chi connectivity index (χ1v) is 23.8. The summed E-state index contributed by atoms with van der Waals surface area (Å²) in [6.07, 6.45) is 4.59. The summed E-state index contributed by atoms with van der Waals surface area (Å²) in [5.41, 5.74) is 46.3. The Balaban J connectivity index is -0.000000154. The van der Waals surface area contributed by atoms with Crippen molar-refractivity contribution in [3.8, 4) is 0 Å². The average Bonchev–Trinajstić information content (AvgIpc) is 4.13. The van der Waals surface area contributed by atoms with Gasteiger partial charge in [0.25, 0.3) is 0 Å². The average molecular weight is 1190 g/mol. The van der Waals surface area contributed by atoms with E-state index in [1.54, 1.807) is 20.0 Å². The van der Waals surface area contributed by atoms with E-state index in [0.717, 1.165) is 24.9 Å². The van der Waals surface area contributed by atoms with Gasteiger partial charge in [0.05, 0.1) is 44.2 Å². The summed E-state index contributed by atoms with van der Waals surface area (Å²) in [6.45, 7) is 8.58. The lowest BCUT2D eigenvalue weighted by Crippen LogP contribution is -2.39. The maximum Gasteiger partial charge on any atom is 0.323 e. The Labute approximate surface area is 470 Å². The van der Waals surface area contributed by atoms with E-state index >= 15 is 0 Å². The number of nitrogens with two attached hydrogens (primary N) is 9. The molecule has 0 unspecified atom stereocenters. The molecule has 1 fully saturated rings. The van der Waals surface area contributed by atoms with Crippen LogP contribution in [-0.2, 0) is 65.6 Å². The second-order valence-electron chi connectivity index (χ2n) is 17.0. The van der Waals surface area contributed by atoms with E-state index in [0.29, 0.717) is 24.5 Å². The Bertz CT molecular complexity index is 2030. The molecule has 1 aliphatic rings. The van der Waals surface area contributed by atoms with Crippen LogP contribution < -0.4 is 56.9 Å². The van der Waals surface area contributed by atoms with Gasteiger partial charge in [-0.15, -0.1) is 0 Å². The van der Waals surface area contributed by atoms with Crippen LogP contribution in [0.4, 0.5) is 0 Å². The molecule has 474 valence electrons. The van der Waals surface area contributed by atoms with Gasteiger partial charge < -0.3 is 128 Å². The Morgan fingerprint density at radius 3 is 1.15 bits per heavy atom. The lowest BCUT2D eigenvalue weighted by molar-refractivity contribution is -0.144. The first-order valence-electron chi connectivity index (χ1n) is 23.8. The molecule has 0 saturated carbocycles. The number of rotatable bonds is 21. The predicted octanol–water partition coefficient (Wildman–Crippen LogP) is -5.57. The van der Waals surface area contributed by atoms with Gasteiger partial charge in [0, 0.05) is 12.6 Å². The third-order valence-corrected chi connectivity index (χ3v) is 8.70. The number of carbonyl (C=O) groups is 11. The Morgan fingerprint density at radius 2 is 0.963 bits per heavy atom. The van der Waals surface area contributed by atoms with Gasteiger partial charge in [-0.05, 0) is 56.6 Å². The predicted molar refractivity (Wildman–Crippen MR) is 289 cm³/mol. The molecule has 2 heterocycles. The highest BCUT2D eigenvalue weighted by molar-refractivity contribution is 5.80. The minimum atomic E-state index is -1.29. The quantitative estimate of drug-likeness (QED) is 0.0554. The lowest BCUT2D eigenvalue weighted by atomic mass is 10.1. The highest BCUT2D eigenvalue weighted by Crippen LogP contribution is 2.04. The number of nitrogens with zero attached hydrogens (tertiary/aromatic N) is 1. The number of nitrogens with one attached hydrogen (secondary N) is 2. The molecule has 2 aromatic rings. The Morgan fingerprint density at radius 1 is 0.561 bits per heavy atom. The fourth-order valence-corrected chi connectivity index (χ4v) is 4.02. The molecule has 36 heteroatoms. The molecular formula is C46H86N12O24. The molecule has 0 spiro atoms. The van der Waals surface area contributed by atoms with E-state index in [2.05, 4.69) is 26.8 Å². The van der Waals surface area contributed by atoms with E-state index in [-0.39, 0.29) is 31.5 Å². The monoisotopic (exact) mass is 1190 g/mol. The maximum absolute atomic E-state index is 10.4. The molecule has 33 N–H and O–H groups in total. The molecule has 1 aromatic heterocycles. The number of aromatic amines is 1. The number of aliphatic hydroxyl groups is 2. The molecule has 0 aliphatic carbocycles. The second kappa shape index (κ2) is 53.7. The molecule has 1 aliphatic heterocycles. The van der Waals surface area contributed by atoms with Gasteiger partial charge in [-0.1, -0.05) is 58.0 Å². The number of hydrogen-bond acceptors (Lipinski definition) is 24. The zero-order valence-corrected chi connectivity index (χ0v) is 45.9. The van der Waals surface area contributed by atoms with Crippen molar-refractivity contribution >= 4 is 65.7 Å². The molecule has 1 aromatic carbocycles. The standard InChI is InChI=1S/C9H11NO2.C6H9N3O2.C6H13NO2.C5H9NO2.C5H11NO2.C4H7NO4.C4H9NO3.C3H7NO3.2C2H5NO2/c10-8(9(11)12)6-7-4-2-1-3-5-7;7-5(6(10)11)1-4-2-8-3-9-4;1-4(2)3-5(7)6(8)9;7-5(8)4-2-1-3-6-4;1-3(2)4(6)5(7)8;5-2(4(8)9)1-3(6)7;1-2(6)3(5)4(7)8;4-2(1-5)3(6)7;2*3-1-2(4)5/h1-5,8H,6,10H2,(H,11,12);2-3,5H,1,7H2,(H,8,9)(H,10,11);4-5H,3,7H2,1-2H3,(H,8,9);4,6H,1-3H2,(H,7,8);3-4H,6H2,1-2H3,(H,7,8);2H,1,5H2,(H,6,7)(H,8,9);2-3,6H,5H2,1H3,(H,7,8);2,5H,1,4H2,(H,6,7);2*1,3H2,(H,4,5)/t8-;2*5-;2*4-;2-;2-,3+;2-;;/m00000010../s1. The number of aliphatic hydroxyl groups excluding tert-OH is 2. The topological polar surface area (TPSA) is 726 Å². The normalized spacial score (nSPS) is 14.3. The number of carboxylic acids is 11. The van der Waals surface area contributed by atoms with Gasteiger partial charge in [-0.25, -0.2) is 4.98 Å². The van der Waals surface area contributed by atoms with Crippen molar-refractivity contribution in [2.45, 2.75) is 128 Å². The van der Waals surface area contributed by atoms with Crippen LogP contribution >= 0.6 is 0 Å². The second-order valence-corrected chi connectivity index (χ2v) is 17.0. The summed E-state index contributed by atoms with van der Waals surface area (Å²) < 4.78 is 0. The van der Waals surface area contributed by atoms with Gasteiger partial charge in [0.2, 0.25) is 0 Å². The summed E-state index contributed by atoms with van der Waals surface area (Å²) in [4.78, 5) is 115. The summed E-state index contributed by atoms with van der Waals surface area (Å²) in [5, 5.41) is 108. The van der Waals surface area contributed by atoms with Crippen molar-refractivity contribution in [1.29, 1.82) is 0 Å². The number of H-pyrrole nitrogens is 1. The number of aliphatic carboxylic acids is 11. The van der Waals surface area contributed by atoms with Crippen molar-refractivity contribution in [1.82, 2.24) is 15.3 Å². The number of aromatic nitrogens is 2. The van der Waals surface area contributed by atoms with Crippen molar-refractivity contribution in [2.24, 2.45) is 63.4 Å². The van der Waals surface area contributed by atoms with Crippen LogP contribution in [0, 0.1) is 11.8 Å². The molecule has 36 nitrogen and oxygen atoms in total. The van der Waals surface area contributed by atoms with E-state index in [9.17, 15) is 52.7 Å². The molecule has 0 amide bonds. The van der Waals surface area contributed by atoms with E-state index in [1.165, 1.54) is 13.3 Å². The molecule has 82 heavy (non-hydrogen) atoms. The van der Waals surface area contributed by atoms with Crippen LogP contribution in [0.3, 0.4) is 0 Å². The molecule has 9 atom stereocenters. The third kappa shape index (κ3) is 63.0. The van der Waals surface area contributed by atoms with Crippen LogP contribution in [0.15, 0.2) is 42.9 Å². The zero-order chi connectivity index (χ0) is 66.0. The number of imidazole rings is 1. The molecule has 3 rings (SSSR count). The number of benzene rings is 1. The fraction of sp³-hybridized carbons (Fsp3) is 0.565. The minimum absolute atomic E-state index is 0.0208. The highest BCUT2D eigenvalue weighted by atomic mass is 16.4. The highest BCUT2D eigenvalue weighted by Gasteiger charge is 2.21. The number of carboxylic acid groups (broad SMARTS) is 11. The van der Waals surface area contributed by atoms with Crippen LogP contribution in [-0.4, -0.2) is 223 Å². The largest absolute Gasteiger partial charge is 0.481 e. The van der Waals surface area contributed by atoms with Gasteiger partial charge in [0.1, 0.15) is 48.3 Å². The van der Waals surface area contributed by atoms with Crippen molar-refractivity contribution in [3.63, 3.8) is 0 Å². The van der Waals surface area contributed by atoms with E-state index in [1.807, 2.05) is 44.2 Å². The molecule has 1 saturated heterocycles. The fourth-order valence-electron chi connectivity index (χ4n) is 4.02. The van der Waals surface area contributed by atoms with Crippen LogP contribution in [0.2, 0.25) is 0 Å². The Kier molecular flexibility index (Phi) is 57.7. The van der Waals surface area contributed by atoms with Crippen molar-refractivity contribution in [2.75, 3.05) is 26.2 Å². The minimum Gasteiger partial charge on any atom is -0.481 e. The first kappa shape index (κ1) is 88.0.